The van der Waals surface area contributed by atoms with E-state index in [0.717, 1.165) is 5.56 Å². The highest BCUT2D eigenvalue weighted by atomic mass is 19.1. The van der Waals surface area contributed by atoms with Crippen molar-refractivity contribution in [1.29, 1.82) is 0 Å². The Balaban J connectivity index is 1.97. The van der Waals surface area contributed by atoms with Gasteiger partial charge in [0.1, 0.15) is 12.0 Å². The average Bonchev–Trinajstić information content (AvgIpc) is 2.64. The summed E-state index contributed by atoms with van der Waals surface area (Å²) in [6, 6.07) is 6.41. The van der Waals surface area contributed by atoms with Crippen LogP contribution in [0.3, 0.4) is 0 Å². The lowest BCUT2D eigenvalue weighted by Gasteiger charge is -2.27. The topological polar surface area (TPSA) is 32.3 Å². The van der Waals surface area contributed by atoms with E-state index < -0.39 is 0 Å². The van der Waals surface area contributed by atoms with Crippen LogP contribution in [0.5, 0.6) is 0 Å². The molecule has 1 N–H and O–H groups in total. The first-order valence-electron chi connectivity index (χ1n) is 7.51. The van der Waals surface area contributed by atoms with Gasteiger partial charge in [-0.2, -0.15) is 0 Å². The van der Waals surface area contributed by atoms with Gasteiger partial charge >= 0.3 is 0 Å². The Morgan fingerprint density at radius 2 is 1.62 bits per heavy atom. The molecule has 2 fully saturated rings. The summed E-state index contributed by atoms with van der Waals surface area (Å²) < 4.78 is 13.1. The van der Waals surface area contributed by atoms with Gasteiger partial charge in [-0.15, -0.1) is 0 Å². The van der Waals surface area contributed by atoms with Crippen molar-refractivity contribution in [2.45, 2.75) is 52.9 Å². The number of benzene rings is 1. The summed E-state index contributed by atoms with van der Waals surface area (Å²) in [6.07, 6.45) is -0.167. The van der Waals surface area contributed by atoms with Crippen molar-refractivity contribution >= 4 is 5.91 Å². The number of halogens is 1. The van der Waals surface area contributed by atoms with Gasteiger partial charge in [0.15, 0.2) is 0 Å². The second kappa shape index (κ2) is 4.29. The fourth-order valence-corrected chi connectivity index (χ4v) is 3.77. The van der Waals surface area contributed by atoms with Crippen LogP contribution < -0.4 is 5.32 Å². The first kappa shape index (κ1) is 14.5. The first-order chi connectivity index (χ1) is 9.68. The predicted molar refractivity (Wildman–Crippen MR) is 79.9 cm³/mol. The van der Waals surface area contributed by atoms with Gasteiger partial charge in [-0.05, 0) is 35.4 Å². The van der Waals surface area contributed by atoms with E-state index in [9.17, 15) is 9.18 Å². The summed E-state index contributed by atoms with van der Waals surface area (Å²) in [4.78, 5) is 14.6. The third-order valence-electron chi connectivity index (χ3n) is 5.72. The molecule has 1 saturated heterocycles. The third-order valence-corrected chi connectivity index (χ3v) is 5.72. The zero-order chi connectivity index (χ0) is 15.6. The molecule has 0 aromatic heterocycles. The van der Waals surface area contributed by atoms with E-state index in [2.05, 4.69) is 33.0 Å². The number of rotatable bonds is 2. The van der Waals surface area contributed by atoms with E-state index >= 15 is 0 Å². The fraction of sp³-hybridized carbons (Fsp3) is 0.588. The van der Waals surface area contributed by atoms with Crippen molar-refractivity contribution in [2.24, 2.45) is 10.8 Å². The number of nitrogens with zero attached hydrogens (tertiary/aromatic N) is 1. The standard InChI is InChI=1S/C17H23FN2O/c1-10-14(21)20(15-16(2,3)17(15,4)5)13(19-10)11-6-8-12(18)9-7-11/h6-10,13,15,19H,1-5H3. The van der Waals surface area contributed by atoms with E-state index in [-0.39, 0.29) is 40.8 Å². The highest BCUT2D eigenvalue weighted by Gasteiger charge is 2.70. The Hall–Kier alpha value is -1.42. The Bertz CT molecular complexity index is 565. The minimum atomic E-state index is -0.255. The molecular weight excluding hydrogens is 267 g/mol. The van der Waals surface area contributed by atoms with E-state index in [1.54, 1.807) is 12.1 Å². The number of amides is 1. The third kappa shape index (κ3) is 1.92. The Morgan fingerprint density at radius 3 is 2.10 bits per heavy atom. The van der Waals surface area contributed by atoms with Gasteiger partial charge in [0.25, 0.3) is 0 Å². The molecule has 1 aliphatic heterocycles. The van der Waals surface area contributed by atoms with Crippen LogP contribution in [0.4, 0.5) is 4.39 Å². The number of nitrogens with one attached hydrogen (secondary N) is 1. The maximum atomic E-state index is 13.1. The van der Waals surface area contributed by atoms with Crippen LogP contribution >= 0.6 is 0 Å². The molecular formula is C17H23FN2O. The molecule has 0 spiro atoms. The molecule has 1 amide bonds. The predicted octanol–water partition coefficient (Wildman–Crippen LogP) is 3.08. The molecule has 1 aromatic carbocycles. The zero-order valence-electron chi connectivity index (χ0n) is 13.3. The van der Waals surface area contributed by atoms with E-state index in [0.29, 0.717) is 0 Å². The Kier molecular flexibility index (Phi) is 2.97. The molecule has 1 aliphatic carbocycles. The number of hydrogen-bond donors (Lipinski definition) is 1. The summed E-state index contributed by atoms with van der Waals surface area (Å²) in [5.74, 6) is -0.122. The molecule has 1 aromatic rings. The molecule has 21 heavy (non-hydrogen) atoms. The normalized spacial score (nSPS) is 30.8. The summed E-state index contributed by atoms with van der Waals surface area (Å²) in [7, 11) is 0. The van der Waals surface area contributed by atoms with E-state index in [1.807, 2.05) is 11.8 Å². The van der Waals surface area contributed by atoms with Crippen LogP contribution in [-0.4, -0.2) is 22.9 Å². The van der Waals surface area contributed by atoms with E-state index in [1.165, 1.54) is 12.1 Å². The Morgan fingerprint density at radius 1 is 1.10 bits per heavy atom. The van der Waals surface area contributed by atoms with Gasteiger partial charge < -0.3 is 4.90 Å². The fourth-order valence-electron chi connectivity index (χ4n) is 3.77. The molecule has 0 radical (unpaired) electrons. The van der Waals surface area contributed by atoms with Crippen LogP contribution in [0.15, 0.2) is 24.3 Å². The van der Waals surface area contributed by atoms with Crippen molar-refractivity contribution < 1.29 is 9.18 Å². The van der Waals surface area contributed by atoms with Gasteiger partial charge in [-0.3, -0.25) is 10.1 Å². The summed E-state index contributed by atoms with van der Waals surface area (Å²) in [5.41, 5.74) is 1.12. The quantitative estimate of drug-likeness (QED) is 0.908. The molecule has 0 bridgehead atoms. The summed E-state index contributed by atoms with van der Waals surface area (Å²) in [6.45, 7) is 10.7. The Labute approximate surface area is 125 Å². The number of hydrogen-bond acceptors (Lipinski definition) is 2. The summed E-state index contributed by atoms with van der Waals surface area (Å²) in [5, 5.41) is 3.34. The van der Waals surface area contributed by atoms with E-state index in [4.69, 9.17) is 0 Å². The van der Waals surface area contributed by atoms with Gasteiger partial charge in [-0.1, -0.05) is 39.8 Å². The molecule has 1 heterocycles. The van der Waals surface area contributed by atoms with Gasteiger partial charge in [0, 0.05) is 6.04 Å². The minimum Gasteiger partial charge on any atom is -0.317 e. The maximum Gasteiger partial charge on any atom is 0.241 e. The highest BCUT2D eigenvalue weighted by molar-refractivity contribution is 5.85. The lowest BCUT2D eigenvalue weighted by atomic mass is 10.0. The second-order valence-corrected chi connectivity index (χ2v) is 7.43. The molecule has 3 nitrogen and oxygen atoms in total. The van der Waals surface area contributed by atoms with Gasteiger partial charge in [0.2, 0.25) is 5.91 Å². The average molecular weight is 290 g/mol. The zero-order valence-corrected chi connectivity index (χ0v) is 13.3. The number of carbonyl (C=O) groups excluding carboxylic acids is 1. The molecule has 2 unspecified atom stereocenters. The van der Waals surface area contributed by atoms with Crippen LogP contribution in [0.2, 0.25) is 0 Å². The number of carbonyl (C=O) groups is 1. The van der Waals surface area contributed by atoms with Crippen molar-refractivity contribution in [1.82, 2.24) is 10.2 Å². The smallest absolute Gasteiger partial charge is 0.241 e. The maximum absolute atomic E-state index is 13.1. The molecule has 3 rings (SSSR count). The van der Waals surface area contributed by atoms with Gasteiger partial charge in [0.05, 0.1) is 6.04 Å². The molecule has 2 aliphatic rings. The van der Waals surface area contributed by atoms with Gasteiger partial charge in [-0.25, -0.2) is 4.39 Å². The molecule has 4 heteroatoms. The summed E-state index contributed by atoms with van der Waals surface area (Å²) >= 11 is 0. The van der Waals surface area contributed by atoms with Crippen molar-refractivity contribution in [2.75, 3.05) is 0 Å². The SMILES string of the molecule is CC1NC(c2ccc(F)cc2)N(C2C(C)(C)C2(C)C)C1=O. The lowest BCUT2D eigenvalue weighted by Crippen LogP contribution is -2.36. The molecule has 1 saturated carbocycles. The molecule has 114 valence electrons. The monoisotopic (exact) mass is 290 g/mol. The largest absolute Gasteiger partial charge is 0.317 e. The van der Waals surface area contributed by atoms with Crippen LogP contribution in [-0.2, 0) is 4.79 Å². The first-order valence-corrected chi connectivity index (χ1v) is 7.51. The van der Waals surface area contributed by atoms with Crippen LogP contribution in [0, 0.1) is 16.6 Å². The van der Waals surface area contributed by atoms with Crippen LogP contribution in [0.1, 0.15) is 46.3 Å². The van der Waals surface area contributed by atoms with Crippen LogP contribution in [0.25, 0.3) is 0 Å². The molecule has 2 atom stereocenters. The van der Waals surface area contributed by atoms with Crippen molar-refractivity contribution in [3.8, 4) is 0 Å². The van der Waals surface area contributed by atoms with Crippen molar-refractivity contribution in [3.63, 3.8) is 0 Å². The minimum absolute atomic E-state index is 0.0900. The van der Waals surface area contributed by atoms with Crippen molar-refractivity contribution in [3.05, 3.63) is 35.6 Å². The highest BCUT2D eigenvalue weighted by Crippen LogP contribution is 2.66. The lowest BCUT2D eigenvalue weighted by molar-refractivity contribution is -0.131. The second-order valence-electron chi connectivity index (χ2n) is 7.43.